The molecule has 6 heteroatoms. The number of carboxylic acids is 1. The van der Waals surface area contributed by atoms with E-state index in [0.717, 1.165) is 42.7 Å². The van der Waals surface area contributed by atoms with Gasteiger partial charge in [-0.25, -0.2) is 0 Å². The molecule has 1 N–H and O–H groups in total. The molecule has 0 radical (unpaired) electrons. The molecule has 0 aromatic heterocycles. The highest BCUT2D eigenvalue weighted by Gasteiger charge is 2.28. The maximum Gasteiger partial charge on any atom is 0.304 e. The Labute approximate surface area is 210 Å². The third-order valence-electron chi connectivity index (χ3n) is 7.42. The van der Waals surface area contributed by atoms with Crippen LogP contribution in [0.25, 0.3) is 11.1 Å². The third-order valence-corrected chi connectivity index (χ3v) is 7.42. The van der Waals surface area contributed by atoms with Crippen LogP contribution in [-0.2, 0) is 29.0 Å². The van der Waals surface area contributed by atoms with Crippen LogP contribution < -0.4 is 14.2 Å². The van der Waals surface area contributed by atoms with Crippen molar-refractivity contribution in [1.29, 1.82) is 0 Å². The standard InChI is InChI=1S/C30H30O6/c1-18-11-28(36-23-9-10-33-17-23)25-7-8-26(25)30(18)20-4-2-3-19(12-20)15-34-22-5-6-24-21(13-29(31)32)16-35-27(24)14-22/h2-6,11-12,14,21,23H,7-10,13,15-17H2,1H3,(H,31,32)/t21-,23-/m1/s1. The van der Waals surface area contributed by atoms with E-state index in [1.54, 1.807) is 0 Å². The van der Waals surface area contributed by atoms with Crippen molar-refractivity contribution in [3.05, 3.63) is 76.3 Å². The Morgan fingerprint density at radius 1 is 1.08 bits per heavy atom. The van der Waals surface area contributed by atoms with Gasteiger partial charge in [-0.15, -0.1) is 0 Å². The smallest absolute Gasteiger partial charge is 0.304 e. The fourth-order valence-corrected chi connectivity index (χ4v) is 5.52. The number of benzene rings is 3. The van der Waals surface area contributed by atoms with Crippen molar-refractivity contribution in [1.82, 2.24) is 0 Å². The van der Waals surface area contributed by atoms with Crippen molar-refractivity contribution in [2.45, 2.75) is 51.2 Å². The SMILES string of the molecule is Cc1cc(O[C@@H]2CCOC2)c2c(c1-c1cccc(COc3ccc4c(c3)OC[C@H]4CC(=O)O)c1)CC2. The molecule has 3 aliphatic rings. The Kier molecular flexibility index (Phi) is 6.05. The zero-order valence-corrected chi connectivity index (χ0v) is 20.4. The van der Waals surface area contributed by atoms with Gasteiger partial charge in [0, 0.05) is 24.0 Å². The second-order valence-electron chi connectivity index (χ2n) is 9.92. The quantitative estimate of drug-likeness (QED) is 0.456. The minimum Gasteiger partial charge on any atom is -0.492 e. The number of rotatable bonds is 8. The van der Waals surface area contributed by atoms with Crippen molar-refractivity contribution >= 4 is 5.97 Å². The molecule has 6 nitrogen and oxygen atoms in total. The Balaban J connectivity index is 1.18. The molecule has 2 aliphatic heterocycles. The number of fused-ring (bicyclic) bond motifs is 2. The molecule has 0 saturated carbocycles. The Morgan fingerprint density at radius 3 is 2.75 bits per heavy atom. The van der Waals surface area contributed by atoms with Gasteiger partial charge in [-0.05, 0) is 71.3 Å². The zero-order chi connectivity index (χ0) is 24.6. The minimum atomic E-state index is -0.813. The van der Waals surface area contributed by atoms with E-state index < -0.39 is 5.97 Å². The molecule has 0 unspecified atom stereocenters. The molecule has 6 rings (SSSR count). The van der Waals surface area contributed by atoms with Crippen LogP contribution in [0.4, 0.5) is 0 Å². The van der Waals surface area contributed by atoms with Gasteiger partial charge in [-0.2, -0.15) is 0 Å². The number of hydrogen-bond acceptors (Lipinski definition) is 5. The zero-order valence-electron chi connectivity index (χ0n) is 20.4. The molecule has 1 fully saturated rings. The maximum atomic E-state index is 11.1. The molecule has 186 valence electrons. The van der Waals surface area contributed by atoms with Gasteiger partial charge in [0.1, 0.15) is 30.0 Å². The van der Waals surface area contributed by atoms with E-state index in [1.807, 2.05) is 18.2 Å². The first-order chi connectivity index (χ1) is 17.5. The summed E-state index contributed by atoms with van der Waals surface area (Å²) in [5.74, 6) is 1.54. The summed E-state index contributed by atoms with van der Waals surface area (Å²) in [7, 11) is 0. The van der Waals surface area contributed by atoms with Crippen LogP contribution in [0.15, 0.2) is 48.5 Å². The Bertz CT molecular complexity index is 1310. The first-order valence-corrected chi connectivity index (χ1v) is 12.7. The average molecular weight is 487 g/mol. The Hall–Kier alpha value is -3.51. The lowest BCUT2D eigenvalue weighted by Gasteiger charge is -2.29. The van der Waals surface area contributed by atoms with Gasteiger partial charge < -0.3 is 24.1 Å². The summed E-state index contributed by atoms with van der Waals surface area (Å²) in [5, 5.41) is 9.10. The topological polar surface area (TPSA) is 74.2 Å². The molecule has 3 aromatic carbocycles. The van der Waals surface area contributed by atoms with Crippen LogP contribution in [0, 0.1) is 6.92 Å². The van der Waals surface area contributed by atoms with Crippen LogP contribution in [-0.4, -0.2) is 37.0 Å². The molecule has 1 aliphatic carbocycles. The number of carbonyl (C=O) groups is 1. The van der Waals surface area contributed by atoms with Crippen molar-refractivity contribution in [2.75, 3.05) is 19.8 Å². The number of aryl methyl sites for hydroxylation is 1. The molecule has 0 amide bonds. The van der Waals surface area contributed by atoms with Crippen molar-refractivity contribution < 1.29 is 28.8 Å². The first kappa shape index (κ1) is 22.9. The van der Waals surface area contributed by atoms with Gasteiger partial charge in [0.15, 0.2) is 0 Å². The number of hydrogen-bond donors (Lipinski definition) is 1. The molecule has 36 heavy (non-hydrogen) atoms. The van der Waals surface area contributed by atoms with E-state index in [9.17, 15) is 4.79 Å². The molecule has 2 heterocycles. The van der Waals surface area contributed by atoms with Crippen LogP contribution in [0.1, 0.15) is 46.6 Å². The van der Waals surface area contributed by atoms with E-state index >= 15 is 0 Å². The molecule has 1 saturated heterocycles. The van der Waals surface area contributed by atoms with Crippen molar-refractivity contribution in [2.24, 2.45) is 0 Å². The highest BCUT2D eigenvalue weighted by molar-refractivity contribution is 5.76. The van der Waals surface area contributed by atoms with E-state index in [0.29, 0.717) is 31.3 Å². The first-order valence-electron chi connectivity index (χ1n) is 12.7. The van der Waals surface area contributed by atoms with Gasteiger partial charge in [0.25, 0.3) is 0 Å². The number of carboxylic acid groups (broad SMARTS) is 1. The normalized spacial score (nSPS) is 19.7. The second-order valence-corrected chi connectivity index (χ2v) is 9.92. The van der Waals surface area contributed by atoms with Gasteiger partial charge in [0.2, 0.25) is 0 Å². The lowest BCUT2D eigenvalue weighted by Crippen LogP contribution is -2.20. The highest BCUT2D eigenvalue weighted by atomic mass is 16.5. The predicted octanol–water partition coefficient (Wildman–Crippen LogP) is 5.46. The lowest BCUT2D eigenvalue weighted by molar-refractivity contribution is -0.137. The van der Waals surface area contributed by atoms with E-state index in [2.05, 4.69) is 37.3 Å². The van der Waals surface area contributed by atoms with Crippen LogP contribution >= 0.6 is 0 Å². The van der Waals surface area contributed by atoms with E-state index in [-0.39, 0.29) is 18.4 Å². The molecular formula is C30H30O6. The number of ether oxygens (including phenoxy) is 4. The number of aliphatic carboxylic acids is 1. The molecule has 0 spiro atoms. The van der Waals surface area contributed by atoms with Crippen molar-refractivity contribution in [3.8, 4) is 28.4 Å². The predicted molar refractivity (Wildman–Crippen MR) is 135 cm³/mol. The van der Waals surface area contributed by atoms with E-state index in [4.69, 9.17) is 24.1 Å². The summed E-state index contributed by atoms with van der Waals surface area (Å²) < 4.78 is 23.6. The van der Waals surface area contributed by atoms with Crippen molar-refractivity contribution in [3.63, 3.8) is 0 Å². The summed E-state index contributed by atoms with van der Waals surface area (Å²) in [6.45, 7) is 4.46. The summed E-state index contributed by atoms with van der Waals surface area (Å²) >= 11 is 0. The summed E-state index contributed by atoms with van der Waals surface area (Å²) in [5.41, 5.74) is 8.50. The summed E-state index contributed by atoms with van der Waals surface area (Å²) in [4.78, 5) is 11.1. The largest absolute Gasteiger partial charge is 0.492 e. The molecule has 2 atom stereocenters. The minimum absolute atomic E-state index is 0.0746. The average Bonchev–Trinajstić information content (AvgIpc) is 3.49. The monoisotopic (exact) mass is 486 g/mol. The summed E-state index contributed by atoms with van der Waals surface area (Å²) in [6, 6.07) is 16.4. The van der Waals surface area contributed by atoms with Gasteiger partial charge in [0.05, 0.1) is 26.2 Å². The Morgan fingerprint density at radius 2 is 1.97 bits per heavy atom. The highest BCUT2D eigenvalue weighted by Crippen LogP contribution is 2.43. The molecular weight excluding hydrogens is 456 g/mol. The molecule has 3 aromatic rings. The third kappa shape index (κ3) is 4.42. The summed E-state index contributed by atoms with van der Waals surface area (Å²) in [6.07, 6.45) is 3.32. The fraction of sp³-hybridized carbons (Fsp3) is 0.367. The molecule has 0 bridgehead atoms. The van der Waals surface area contributed by atoms with Gasteiger partial charge in [-0.1, -0.05) is 24.3 Å². The van der Waals surface area contributed by atoms with Gasteiger partial charge in [-0.3, -0.25) is 4.79 Å². The lowest BCUT2D eigenvalue weighted by atomic mass is 9.79. The fourth-order valence-electron chi connectivity index (χ4n) is 5.52. The van der Waals surface area contributed by atoms with Crippen LogP contribution in [0.5, 0.6) is 17.2 Å². The maximum absolute atomic E-state index is 11.1. The van der Waals surface area contributed by atoms with Crippen LogP contribution in [0.2, 0.25) is 0 Å². The van der Waals surface area contributed by atoms with Crippen LogP contribution in [0.3, 0.4) is 0 Å². The second kappa shape index (κ2) is 9.51. The van der Waals surface area contributed by atoms with E-state index in [1.165, 1.54) is 27.8 Å². The van der Waals surface area contributed by atoms with Gasteiger partial charge >= 0.3 is 5.97 Å².